The highest BCUT2D eigenvalue weighted by Gasteiger charge is 2.27. The first-order valence-corrected chi connectivity index (χ1v) is 8.18. The van der Waals surface area contributed by atoms with Gasteiger partial charge in [-0.25, -0.2) is 0 Å². The number of benzene rings is 2. The van der Waals surface area contributed by atoms with Crippen molar-refractivity contribution in [3.8, 4) is 5.69 Å². The largest absolute Gasteiger partial charge is 0.150 e. The Hall–Kier alpha value is -2.16. The molecule has 0 N–H and O–H groups in total. The van der Waals surface area contributed by atoms with E-state index in [1.807, 2.05) is 24.3 Å². The zero-order valence-electron chi connectivity index (χ0n) is 14.7. The lowest BCUT2D eigenvalue weighted by atomic mass is 9.72. The van der Waals surface area contributed by atoms with Crippen molar-refractivity contribution in [3.05, 3.63) is 54.1 Å². The molecule has 2 aromatic carbocycles. The summed E-state index contributed by atoms with van der Waals surface area (Å²) in [7, 11) is 0. The zero-order valence-corrected chi connectivity index (χ0v) is 14.7. The first-order chi connectivity index (χ1) is 10.7. The molecule has 0 saturated carbocycles. The van der Waals surface area contributed by atoms with Gasteiger partial charge in [-0.3, -0.25) is 0 Å². The lowest BCUT2D eigenvalue weighted by molar-refractivity contribution is 0.284. The van der Waals surface area contributed by atoms with E-state index in [2.05, 4.69) is 69.1 Å². The Morgan fingerprint density at radius 1 is 0.826 bits per heavy atom. The van der Waals surface area contributed by atoms with Crippen LogP contribution in [0.2, 0.25) is 0 Å². The molecular formula is C20H25N3. The monoisotopic (exact) mass is 307 g/mol. The Labute approximate surface area is 138 Å². The van der Waals surface area contributed by atoms with Gasteiger partial charge in [0.25, 0.3) is 0 Å². The van der Waals surface area contributed by atoms with Crippen molar-refractivity contribution in [1.82, 2.24) is 15.0 Å². The molecule has 0 fully saturated rings. The quantitative estimate of drug-likeness (QED) is 0.671. The zero-order chi connectivity index (χ0) is 16.7. The summed E-state index contributed by atoms with van der Waals surface area (Å²) in [5.41, 5.74) is 4.59. The third kappa shape index (κ3) is 3.44. The van der Waals surface area contributed by atoms with E-state index in [-0.39, 0.29) is 10.8 Å². The minimum absolute atomic E-state index is 0.112. The molecule has 0 bridgehead atoms. The molecule has 23 heavy (non-hydrogen) atoms. The molecule has 3 rings (SSSR count). The first kappa shape index (κ1) is 15.7. The molecule has 3 heteroatoms. The molecule has 0 unspecified atom stereocenters. The van der Waals surface area contributed by atoms with Crippen molar-refractivity contribution in [2.24, 2.45) is 5.41 Å². The number of hydrogen-bond donors (Lipinski definition) is 0. The van der Waals surface area contributed by atoms with Crippen molar-refractivity contribution < 1.29 is 0 Å². The summed E-state index contributed by atoms with van der Waals surface area (Å²) in [6.07, 6.45) is 1.12. The molecule has 3 aromatic rings. The molecular weight excluding hydrogens is 282 g/mol. The predicted octanol–water partition coefficient (Wildman–Crippen LogP) is 5.13. The van der Waals surface area contributed by atoms with Gasteiger partial charge in [-0.1, -0.05) is 58.9 Å². The van der Waals surface area contributed by atoms with Crippen molar-refractivity contribution in [2.45, 2.75) is 46.5 Å². The standard InChI is InChI=1S/C20H25N3/c1-19(2,3)14-20(4,5)15-9-8-10-16(13-15)23-21-17-11-6-7-12-18(17)22-23/h6-13H,14H2,1-5H3. The van der Waals surface area contributed by atoms with Crippen LogP contribution in [0.5, 0.6) is 0 Å². The summed E-state index contributed by atoms with van der Waals surface area (Å²) >= 11 is 0. The van der Waals surface area contributed by atoms with Crippen molar-refractivity contribution in [2.75, 3.05) is 0 Å². The fourth-order valence-corrected chi connectivity index (χ4v) is 3.45. The summed E-state index contributed by atoms with van der Waals surface area (Å²) in [5, 5.41) is 9.17. The van der Waals surface area contributed by atoms with Gasteiger partial charge in [-0.05, 0) is 47.1 Å². The van der Waals surface area contributed by atoms with E-state index in [1.54, 1.807) is 4.80 Å². The fraction of sp³-hybridized carbons (Fsp3) is 0.400. The minimum Gasteiger partial charge on any atom is -0.150 e. The highest BCUT2D eigenvalue weighted by atomic mass is 15.5. The van der Waals surface area contributed by atoms with Gasteiger partial charge in [0, 0.05) is 0 Å². The summed E-state index contributed by atoms with van der Waals surface area (Å²) in [4.78, 5) is 1.74. The van der Waals surface area contributed by atoms with Gasteiger partial charge in [0.2, 0.25) is 0 Å². The van der Waals surface area contributed by atoms with Crippen LogP contribution in [0, 0.1) is 5.41 Å². The van der Waals surface area contributed by atoms with Gasteiger partial charge in [0.1, 0.15) is 11.0 Å². The maximum Gasteiger partial charge on any atom is 0.113 e. The summed E-state index contributed by atoms with van der Waals surface area (Å²) in [6.45, 7) is 11.5. The third-order valence-electron chi connectivity index (χ3n) is 4.12. The second-order valence-electron chi connectivity index (χ2n) is 8.15. The van der Waals surface area contributed by atoms with Crippen LogP contribution in [0.15, 0.2) is 48.5 Å². The van der Waals surface area contributed by atoms with Crippen molar-refractivity contribution in [3.63, 3.8) is 0 Å². The Balaban J connectivity index is 1.99. The average Bonchev–Trinajstić information content (AvgIpc) is 2.89. The number of fused-ring (bicyclic) bond motifs is 1. The highest BCUT2D eigenvalue weighted by molar-refractivity contribution is 5.73. The number of rotatable bonds is 3. The fourth-order valence-electron chi connectivity index (χ4n) is 3.45. The molecule has 0 amide bonds. The Kier molecular flexibility index (Phi) is 3.75. The minimum atomic E-state index is 0.112. The van der Waals surface area contributed by atoms with Crippen LogP contribution in [-0.2, 0) is 5.41 Å². The van der Waals surface area contributed by atoms with Gasteiger partial charge in [0.05, 0.1) is 5.69 Å². The van der Waals surface area contributed by atoms with E-state index < -0.39 is 0 Å². The van der Waals surface area contributed by atoms with Gasteiger partial charge in [-0.15, -0.1) is 10.2 Å². The number of aromatic nitrogens is 3. The molecule has 0 aliphatic heterocycles. The van der Waals surface area contributed by atoms with Crippen LogP contribution >= 0.6 is 0 Å². The van der Waals surface area contributed by atoms with Gasteiger partial charge < -0.3 is 0 Å². The normalized spacial score (nSPS) is 12.7. The van der Waals surface area contributed by atoms with Crippen LogP contribution in [0.3, 0.4) is 0 Å². The van der Waals surface area contributed by atoms with Crippen molar-refractivity contribution >= 4 is 11.0 Å². The number of nitrogens with zero attached hydrogens (tertiary/aromatic N) is 3. The lowest BCUT2D eigenvalue weighted by Gasteiger charge is -2.33. The predicted molar refractivity (Wildman–Crippen MR) is 96.0 cm³/mol. The molecule has 1 heterocycles. The topological polar surface area (TPSA) is 30.7 Å². The lowest BCUT2D eigenvalue weighted by Crippen LogP contribution is -2.25. The second kappa shape index (κ2) is 5.48. The van der Waals surface area contributed by atoms with Crippen LogP contribution in [0.25, 0.3) is 16.7 Å². The van der Waals surface area contributed by atoms with Gasteiger partial charge >= 0.3 is 0 Å². The summed E-state index contributed by atoms with van der Waals surface area (Å²) in [6, 6.07) is 16.6. The second-order valence-corrected chi connectivity index (χ2v) is 8.15. The molecule has 0 saturated heterocycles. The van der Waals surface area contributed by atoms with Crippen LogP contribution in [0.4, 0.5) is 0 Å². The Morgan fingerprint density at radius 2 is 1.43 bits per heavy atom. The Morgan fingerprint density at radius 3 is 2.00 bits per heavy atom. The highest BCUT2D eigenvalue weighted by Crippen LogP contribution is 2.36. The molecule has 0 radical (unpaired) electrons. The SMILES string of the molecule is CC(C)(C)CC(C)(C)c1cccc(-n2nc3ccccc3n2)c1. The molecule has 1 aromatic heterocycles. The van der Waals surface area contributed by atoms with Gasteiger partial charge in [-0.2, -0.15) is 4.80 Å². The summed E-state index contributed by atoms with van der Waals surface area (Å²) < 4.78 is 0. The van der Waals surface area contributed by atoms with E-state index in [0.29, 0.717) is 0 Å². The Bertz CT molecular complexity index is 789. The van der Waals surface area contributed by atoms with E-state index in [1.165, 1.54) is 5.56 Å². The van der Waals surface area contributed by atoms with E-state index in [4.69, 9.17) is 0 Å². The molecule has 0 aliphatic rings. The van der Waals surface area contributed by atoms with E-state index >= 15 is 0 Å². The van der Waals surface area contributed by atoms with Crippen LogP contribution in [-0.4, -0.2) is 15.0 Å². The van der Waals surface area contributed by atoms with Crippen molar-refractivity contribution in [1.29, 1.82) is 0 Å². The summed E-state index contributed by atoms with van der Waals surface area (Å²) in [5.74, 6) is 0. The van der Waals surface area contributed by atoms with Gasteiger partial charge in [0.15, 0.2) is 0 Å². The smallest absolute Gasteiger partial charge is 0.113 e. The van der Waals surface area contributed by atoms with Crippen LogP contribution in [0.1, 0.15) is 46.6 Å². The molecule has 0 spiro atoms. The van der Waals surface area contributed by atoms with E-state index in [0.717, 1.165) is 23.1 Å². The van der Waals surface area contributed by atoms with E-state index in [9.17, 15) is 0 Å². The number of hydrogen-bond acceptors (Lipinski definition) is 2. The molecule has 0 atom stereocenters. The maximum atomic E-state index is 4.59. The third-order valence-corrected chi connectivity index (χ3v) is 4.12. The first-order valence-electron chi connectivity index (χ1n) is 8.18. The molecule has 120 valence electrons. The molecule has 3 nitrogen and oxygen atoms in total. The van der Waals surface area contributed by atoms with Crippen LogP contribution < -0.4 is 0 Å². The maximum absolute atomic E-state index is 4.59. The average molecular weight is 307 g/mol. The molecule has 0 aliphatic carbocycles.